The molecule has 0 saturated heterocycles. The summed E-state index contributed by atoms with van der Waals surface area (Å²) in [4.78, 5) is 27.3. The molecular weight excluding hydrogens is 384 g/mol. The first-order valence-electron chi connectivity index (χ1n) is 7.03. The Kier molecular flexibility index (Phi) is 6.51. The Labute approximate surface area is 156 Å². The van der Waals surface area contributed by atoms with Gasteiger partial charge in [-0.05, 0) is 20.8 Å². The number of carbonyl (C=O) groups is 2. The molecule has 0 bridgehead atoms. The van der Waals surface area contributed by atoms with E-state index in [4.69, 9.17) is 4.74 Å². The maximum absolute atomic E-state index is 11.7. The van der Waals surface area contributed by atoms with Gasteiger partial charge in [0, 0.05) is 11.1 Å². The average Bonchev–Trinajstić information content (AvgIpc) is 3.12. The van der Waals surface area contributed by atoms with E-state index < -0.39 is 17.7 Å². The Morgan fingerprint density at radius 3 is 2.76 bits per heavy atom. The van der Waals surface area contributed by atoms with Gasteiger partial charge in [-0.2, -0.15) is 0 Å². The van der Waals surface area contributed by atoms with Gasteiger partial charge in [0.25, 0.3) is 0 Å². The lowest BCUT2D eigenvalue weighted by atomic mass is 10.2. The Balaban J connectivity index is 2.03. The van der Waals surface area contributed by atoms with Crippen molar-refractivity contribution in [2.75, 3.05) is 11.1 Å². The number of aliphatic carboxylic acids is 1. The summed E-state index contributed by atoms with van der Waals surface area (Å²) in [6.45, 7) is 5.25. The predicted octanol–water partition coefficient (Wildman–Crippen LogP) is 3.60. The molecule has 134 valence electrons. The maximum Gasteiger partial charge on any atom is 0.413 e. The molecule has 0 radical (unpaired) electrons. The molecule has 2 aromatic heterocycles. The van der Waals surface area contributed by atoms with E-state index in [1.54, 1.807) is 37.7 Å². The fourth-order valence-corrected chi connectivity index (χ4v) is 3.65. The number of carboxylic acids is 1. The van der Waals surface area contributed by atoms with E-state index in [9.17, 15) is 14.7 Å². The van der Waals surface area contributed by atoms with Gasteiger partial charge in [-0.25, -0.2) is 14.6 Å². The van der Waals surface area contributed by atoms with Crippen LogP contribution in [0.25, 0.3) is 5.57 Å². The summed E-state index contributed by atoms with van der Waals surface area (Å²) in [6.07, 6.45) is 0.918. The zero-order valence-corrected chi connectivity index (χ0v) is 16.1. The van der Waals surface area contributed by atoms with Crippen LogP contribution in [0.15, 0.2) is 21.3 Å². The van der Waals surface area contributed by atoms with Crippen molar-refractivity contribution in [3.05, 3.63) is 22.7 Å². The lowest BCUT2D eigenvalue weighted by Gasteiger charge is -2.18. The Bertz CT molecular complexity index is 765. The van der Waals surface area contributed by atoms with E-state index in [1.165, 1.54) is 23.1 Å². The second kappa shape index (κ2) is 8.41. The molecule has 11 heteroatoms. The predicted molar refractivity (Wildman–Crippen MR) is 98.2 cm³/mol. The molecule has 0 saturated carbocycles. The van der Waals surface area contributed by atoms with Crippen LogP contribution in [0.1, 0.15) is 26.5 Å². The first-order valence-corrected chi connectivity index (χ1v) is 9.77. The van der Waals surface area contributed by atoms with E-state index in [-0.39, 0.29) is 16.4 Å². The van der Waals surface area contributed by atoms with Crippen molar-refractivity contribution in [1.29, 1.82) is 0 Å². The van der Waals surface area contributed by atoms with E-state index in [0.29, 0.717) is 5.75 Å². The van der Waals surface area contributed by atoms with Crippen molar-refractivity contribution in [3.8, 4) is 0 Å². The molecule has 0 aliphatic rings. The van der Waals surface area contributed by atoms with Crippen LogP contribution in [-0.2, 0) is 9.53 Å². The lowest BCUT2D eigenvalue weighted by Crippen LogP contribution is -2.27. The van der Waals surface area contributed by atoms with Gasteiger partial charge in [-0.1, -0.05) is 29.2 Å². The van der Waals surface area contributed by atoms with E-state index in [1.807, 2.05) is 0 Å². The molecule has 2 heterocycles. The van der Waals surface area contributed by atoms with Gasteiger partial charge < -0.3 is 9.84 Å². The molecule has 2 aromatic rings. The molecule has 25 heavy (non-hydrogen) atoms. The van der Waals surface area contributed by atoms with E-state index in [2.05, 4.69) is 20.5 Å². The molecule has 2 N–H and O–H groups in total. The van der Waals surface area contributed by atoms with E-state index >= 15 is 0 Å². The quantitative estimate of drug-likeness (QED) is 0.558. The molecule has 0 aliphatic carbocycles. The molecule has 0 unspecified atom stereocenters. The van der Waals surface area contributed by atoms with Gasteiger partial charge in [0.2, 0.25) is 0 Å². The first-order chi connectivity index (χ1) is 11.7. The minimum atomic E-state index is -1.09. The number of anilines is 1. The van der Waals surface area contributed by atoms with Crippen LogP contribution in [0.2, 0.25) is 0 Å². The maximum atomic E-state index is 11.7. The smallest absolute Gasteiger partial charge is 0.413 e. The van der Waals surface area contributed by atoms with Gasteiger partial charge in [0.05, 0.1) is 11.3 Å². The van der Waals surface area contributed by atoms with Crippen molar-refractivity contribution < 1.29 is 19.4 Å². The number of ether oxygens (including phenoxy) is 1. The Morgan fingerprint density at radius 2 is 2.16 bits per heavy atom. The molecule has 0 aromatic carbocycles. The summed E-state index contributed by atoms with van der Waals surface area (Å²) in [6, 6.07) is 0. The summed E-state index contributed by atoms with van der Waals surface area (Å²) < 4.78 is 5.89. The standard InChI is InChI=1S/C14H16N4O4S3/c1-14(2,3)22-12(21)17-11-16-9(6-24-11)8(10(19)20)4-5-23-13-18-15-7-25-13/h4,6-7H,5H2,1-3H3,(H,19,20)(H,16,17,21)/b8-4-. The largest absolute Gasteiger partial charge is 0.478 e. The second-order valence-electron chi connectivity index (χ2n) is 5.60. The summed E-state index contributed by atoms with van der Waals surface area (Å²) in [5, 5.41) is 21.3. The highest BCUT2D eigenvalue weighted by molar-refractivity contribution is 8.01. The minimum absolute atomic E-state index is 0.0607. The number of thioether (sulfide) groups is 1. The number of aromatic nitrogens is 3. The second-order valence-corrected chi connectivity index (χ2v) is 8.56. The fraction of sp³-hybridized carbons (Fsp3) is 0.357. The van der Waals surface area contributed by atoms with Crippen LogP contribution in [0.4, 0.5) is 9.93 Å². The molecule has 2 rings (SSSR count). The van der Waals surface area contributed by atoms with Crippen LogP contribution < -0.4 is 5.32 Å². The van der Waals surface area contributed by atoms with Gasteiger partial charge in [0.15, 0.2) is 9.47 Å². The van der Waals surface area contributed by atoms with Crippen LogP contribution in [0, 0.1) is 0 Å². The van der Waals surface area contributed by atoms with Crippen molar-refractivity contribution in [2.45, 2.75) is 30.7 Å². The highest BCUT2D eigenvalue weighted by atomic mass is 32.2. The third-order valence-electron chi connectivity index (χ3n) is 2.45. The zero-order valence-electron chi connectivity index (χ0n) is 13.7. The molecule has 0 spiro atoms. The highest BCUT2D eigenvalue weighted by Gasteiger charge is 2.19. The number of carbonyl (C=O) groups excluding carboxylic acids is 1. The van der Waals surface area contributed by atoms with Crippen molar-refractivity contribution in [1.82, 2.24) is 15.2 Å². The van der Waals surface area contributed by atoms with Crippen molar-refractivity contribution in [2.24, 2.45) is 0 Å². The number of hydrogen-bond donors (Lipinski definition) is 2. The summed E-state index contributed by atoms with van der Waals surface area (Å²) in [7, 11) is 0. The first kappa shape index (κ1) is 19.3. The third kappa shape index (κ3) is 6.44. The number of carboxylic acid groups (broad SMARTS) is 1. The number of amides is 1. The van der Waals surface area contributed by atoms with Crippen molar-refractivity contribution in [3.63, 3.8) is 0 Å². The summed E-state index contributed by atoms with van der Waals surface area (Å²) in [5.41, 5.74) is 1.32. The topological polar surface area (TPSA) is 114 Å². The monoisotopic (exact) mass is 400 g/mol. The normalized spacial score (nSPS) is 12.0. The Hall–Kier alpha value is -1.98. The molecule has 0 fully saturated rings. The van der Waals surface area contributed by atoms with E-state index in [0.717, 1.165) is 15.7 Å². The van der Waals surface area contributed by atoms with Gasteiger partial charge >= 0.3 is 12.1 Å². The average molecular weight is 401 g/mol. The number of nitrogens with zero attached hydrogens (tertiary/aromatic N) is 3. The van der Waals surface area contributed by atoms with Gasteiger partial charge in [-0.15, -0.1) is 21.5 Å². The van der Waals surface area contributed by atoms with Crippen LogP contribution in [0.5, 0.6) is 0 Å². The molecule has 8 nitrogen and oxygen atoms in total. The van der Waals surface area contributed by atoms with Crippen molar-refractivity contribution >= 4 is 57.2 Å². The fourth-order valence-electron chi connectivity index (χ4n) is 1.57. The molecule has 0 aliphatic heterocycles. The summed E-state index contributed by atoms with van der Waals surface area (Å²) >= 11 is 3.89. The van der Waals surface area contributed by atoms with Crippen LogP contribution in [-0.4, -0.2) is 43.7 Å². The van der Waals surface area contributed by atoms with Gasteiger partial charge in [0.1, 0.15) is 11.1 Å². The zero-order chi connectivity index (χ0) is 18.4. The van der Waals surface area contributed by atoms with Crippen LogP contribution >= 0.6 is 34.4 Å². The SMILES string of the molecule is CC(C)(C)OC(=O)Nc1nc(/C(=C/CSc2nncs2)C(=O)O)cs1. The molecular formula is C14H16N4O4S3. The lowest BCUT2D eigenvalue weighted by molar-refractivity contribution is -0.130. The van der Waals surface area contributed by atoms with Gasteiger partial charge in [-0.3, -0.25) is 5.32 Å². The van der Waals surface area contributed by atoms with Crippen LogP contribution in [0.3, 0.4) is 0 Å². The molecule has 1 amide bonds. The summed E-state index contributed by atoms with van der Waals surface area (Å²) in [5.74, 6) is -0.671. The number of thiazole rings is 1. The number of nitrogens with one attached hydrogen (secondary N) is 1. The third-order valence-corrected chi connectivity index (χ3v) is 5.00. The number of rotatable bonds is 6. The number of hydrogen-bond acceptors (Lipinski definition) is 9. The highest BCUT2D eigenvalue weighted by Crippen LogP contribution is 2.25. The Morgan fingerprint density at radius 1 is 1.40 bits per heavy atom. The molecule has 0 atom stereocenters. The minimum Gasteiger partial charge on any atom is -0.478 e.